The molecule has 0 aliphatic heterocycles. The van der Waals surface area contributed by atoms with Gasteiger partial charge in [-0.1, -0.05) is 0 Å². The van der Waals surface area contributed by atoms with Crippen LogP contribution in [0.25, 0.3) is 0 Å². The van der Waals surface area contributed by atoms with E-state index in [2.05, 4.69) is 30.1 Å². The van der Waals surface area contributed by atoms with Gasteiger partial charge in [-0.25, -0.2) is 0 Å². The van der Waals surface area contributed by atoms with Crippen molar-refractivity contribution in [2.24, 2.45) is 5.92 Å². The van der Waals surface area contributed by atoms with Gasteiger partial charge in [-0.15, -0.1) is 0 Å². The Hall–Kier alpha value is -0.590. The molecule has 3 heteroatoms. The van der Waals surface area contributed by atoms with E-state index < -0.39 is 0 Å². The zero-order valence-electron chi connectivity index (χ0n) is 10.4. The molecule has 0 heterocycles. The Morgan fingerprint density at radius 2 is 2.00 bits per heavy atom. The molecule has 2 rings (SSSR count). The Labute approximate surface area is 98.8 Å². The van der Waals surface area contributed by atoms with E-state index in [0.29, 0.717) is 12.1 Å². The maximum atomic E-state index is 9.14. The van der Waals surface area contributed by atoms with Crippen LogP contribution in [-0.2, 0) is 0 Å². The first-order valence-electron chi connectivity index (χ1n) is 6.58. The molecular formula is C13H23N3. The van der Waals surface area contributed by atoms with Gasteiger partial charge in [0.05, 0.1) is 6.07 Å². The summed E-state index contributed by atoms with van der Waals surface area (Å²) in [6.07, 6.45) is 5.28. The lowest BCUT2D eigenvalue weighted by atomic mass is 10.2. The quantitative estimate of drug-likeness (QED) is 0.712. The number of nitrogens with one attached hydrogen (secondary N) is 1. The number of hydrogen-bond acceptors (Lipinski definition) is 3. The van der Waals surface area contributed by atoms with Crippen molar-refractivity contribution in [2.75, 3.05) is 13.1 Å². The second kappa shape index (κ2) is 5.16. The Morgan fingerprint density at radius 1 is 1.31 bits per heavy atom. The molecule has 0 spiro atoms. The van der Waals surface area contributed by atoms with Crippen LogP contribution < -0.4 is 5.32 Å². The van der Waals surface area contributed by atoms with Crippen molar-refractivity contribution in [3.63, 3.8) is 0 Å². The van der Waals surface area contributed by atoms with Crippen molar-refractivity contribution in [3.8, 4) is 6.07 Å². The van der Waals surface area contributed by atoms with Gasteiger partial charge in [0.2, 0.25) is 0 Å². The molecular weight excluding hydrogens is 198 g/mol. The predicted octanol–water partition coefficient (Wildman–Crippen LogP) is 1.75. The monoisotopic (exact) mass is 221 g/mol. The number of nitriles is 1. The molecule has 0 amide bonds. The van der Waals surface area contributed by atoms with Gasteiger partial charge in [0.15, 0.2) is 0 Å². The molecule has 3 nitrogen and oxygen atoms in total. The van der Waals surface area contributed by atoms with Crippen molar-refractivity contribution >= 4 is 0 Å². The van der Waals surface area contributed by atoms with Gasteiger partial charge in [-0.05, 0) is 45.4 Å². The number of rotatable bonds is 7. The molecule has 0 aromatic rings. The van der Waals surface area contributed by atoms with E-state index in [1.807, 2.05) is 0 Å². The average Bonchev–Trinajstić information content (AvgIpc) is 3.10. The van der Waals surface area contributed by atoms with Gasteiger partial charge in [0, 0.05) is 25.2 Å². The second-order valence-electron chi connectivity index (χ2n) is 5.61. The molecule has 0 aromatic heterocycles. The van der Waals surface area contributed by atoms with Crippen molar-refractivity contribution < 1.29 is 0 Å². The predicted molar refractivity (Wildman–Crippen MR) is 65.0 cm³/mol. The minimum absolute atomic E-state index is 0.0219. The largest absolute Gasteiger partial charge is 0.298 e. The summed E-state index contributed by atoms with van der Waals surface area (Å²) in [6, 6.07) is 3.60. The third kappa shape index (κ3) is 3.77. The van der Waals surface area contributed by atoms with E-state index >= 15 is 0 Å². The lowest BCUT2D eigenvalue weighted by molar-refractivity contribution is 0.200. The molecule has 2 saturated carbocycles. The van der Waals surface area contributed by atoms with E-state index in [1.54, 1.807) is 0 Å². The highest BCUT2D eigenvalue weighted by molar-refractivity contribution is 4.98. The standard InChI is InChI=1S/C13H23N3/c1-10(2)16(8-11-3-4-11)9-13(7-14)15-12-5-6-12/h10-13,15H,3-6,8-9H2,1-2H3. The SMILES string of the molecule is CC(C)N(CC1CC1)CC(C#N)NC1CC1. The molecule has 0 aromatic carbocycles. The van der Waals surface area contributed by atoms with Gasteiger partial charge >= 0.3 is 0 Å². The Morgan fingerprint density at radius 3 is 2.44 bits per heavy atom. The summed E-state index contributed by atoms with van der Waals surface area (Å²) in [5, 5.41) is 12.6. The van der Waals surface area contributed by atoms with Crippen LogP contribution >= 0.6 is 0 Å². The van der Waals surface area contributed by atoms with Crippen molar-refractivity contribution in [3.05, 3.63) is 0 Å². The van der Waals surface area contributed by atoms with Crippen LogP contribution in [0.1, 0.15) is 39.5 Å². The third-order valence-corrected chi connectivity index (χ3v) is 3.51. The van der Waals surface area contributed by atoms with Crippen molar-refractivity contribution in [1.29, 1.82) is 5.26 Å². The highest BCUT2D eigenvalue weighted by atomic mass is 15.2. The second-order valence-corrected chi connectivity index (χ2v) is 5.61. The van der Waals surface area contributed by atoms with Gasteiger partial charge in [0.25, 0.3) is 0 Å². The Kier molecular flexibility index (Phi) is 3.83. The van der Waals surface area contributed by atoms with Crippen LogP contribution in [0.5, 0.6) is 0 Å². The fraction of sp³-hybridized carbons (Fsp3) is 0.923. The zero-order valence-corrected chi connectivity index (χ0v) is 10.4. The van der Waals surface area contributed by atoms with E-state index in [9.17, 15) is 0 Å². The van der Waals surface area contributed by atoms with Crippen LogP contribution in [0.3, 0.4) is 0 Å². The van der Waals surface area contributed by atoms with Gasteiger partial charge in [-0.3, -0.25) is 10.2 Å². The van der Waals surface area contributed by atoms with Crippen LogP contribution in [0.2, 0.25) is 0 Å². The topological polar surface area (TPSA) is 39.1 Å². The third-order valence-electron chi connectivity index (χ3n) is 3.51. The van der Waals surface area contributed by atoms with Crippen molar-refractivity contribution in [2.45, 2.75) is 57.7 Å². The first-order valence-corrected chi connectivity index (χ1v) is 6.58. The van der Waals surface area contributed by atoms with E-state index in [-0.39, 0.29) is 6.04 Å². The lowest BCUT2D eigenvalue weighted by Crippen LogP contribution is -2.44. The Balaban J connectivity index is 1.78. The maximum Gasteiger partial charge on any atom is 0.108 e. The smallest absolute Gasteiger partial charge is 0.108 e. The first-order chi connectivity index (χ1) is 7.69. The Bertz CT molecular complexity index is 261. The summed E-state index contributed by atoms with van der Waals surface area (Å²) in [5.41, 5.74) is 0. The van der Waals surface area contributed by atoms with Crippen LogP contribution in [0.15, 0.2) is 0 Å². The molecule has 1 unspecified atom stereocenters. The fourth-order valence-corrected chi connectivity index (χ4v) is 2.03. The molecule has 1 N–H and O–H groups in total. The summed E-state index contributed by atoms with van der Waals surface area (Å²) < 4.78 is 0. The van der Waals surface area contributed by atoms with E-state index in [0.717, 1.165) is 12.5 Å². The van der Waals surface area contributed by atoms with Crippen LogP contribution in [0, 0.1) is 17.2 Å². The summed E-state index contributed by atoms with van der Waals surface area (Å²) in [5.74, 6) is 0.905. The normalized spacial score (nSPS) is 22.4. The summed E-state index contributed by atoms with van der Waals surface area (Å²) in [7, 11) is 0. The van der Waals surface area contributed by atoms with Gasteiger partial charge in [-0.2, -0.15) is 5.26 Å². The van der Waals surface area contributed by atoms with Crippen molar-refractivity contribution in [1.82, 2.24) is 10.2 Å². The molecule has 2 fully saturated rings. The summed E-state index contributed by atoms with van der Waals surface area (Å²) in [4.78, 5) is 2.46. The highest BCUT2D eigenvalue weighted by Gasteiger charge is 2.29. The molecule has 0 saturated heterocycles. The molecule has 0 bridgehead atoms. The molecule has 90 valence electrons. The zero-order chi connectivity index (χ0) is 11.5. The molecule has 2 aliphatic rings. The van der Waals surface area contributed by atoms with Crippen LogP contribution in [-0.4, -0.2) is 36.1 Å². The van der Waals surface area contributed by atoms with Gasteiger partial charge < -0.3 is 0 Å². The molecule has 16 heavy (non-hydrogen) atoms. The van der Waals surface area contributed by atoms with E-state index in [4.69, 9.17) is 5.26 Å². The molecule has 2 aliphatic carbocycles. The minimum Gasteiger partial charge on any atom is -0.298 e. The highest BCUT2D eigenvalue weighted by Crippen LogP contribution is 2.30. The number of hydrogen-bond donors (Lipinski definition) is 1. The van der Waals surface area contributed by atoms with Crippen LogP contribution in [0.4, 0.5) is 0 Å². The summed E-state index contributed by atoms with van der Waals surface area (Å²) in [6.45, 7) is 6.53. The fourth-order valence-electron chi connectivity index (χ4n) is 2.03. The molecule has 0 radical (unpaired) electrons. The minimum atomic E-state index is 0.0219. The molecule has 1 atom stereocenters. The van der Waals surface area contributed by atoms with Gasteiger partial charge in [0.1, 0.15) is 6.04 Å². The average molecular weight is 221 g/mol. The number of nitrogens with zero attached hydrogens (tertiary/aromatic N) is 2. The van der Waals surface area contributed by atoms with E-state index in [1.165, 1.54) is 32.2 Å². The first kappa shape index (κ1) is 11.9. The maximum absolute atomic E-state index is 9.14. The lowest BCUT2D eigenvalue weighted by Gasteiger charge is -2.28. The summed E-state index contributed by atoms with van der Waals surface area (Å²) >= 11 is 0.